The van der Waals surface area contributed by atoms with Gasteiger partial charge in [0.05, 0.1) is 12.6 Å². The van der Waals surface area contributed by atoms with E-state index < -0.39 is 24.1 Å². The van der Waals surface area contributed by atoms with E-state index in [2.05, 4.69) is 5.32 Å². The van der Waals surface area contributed by atoms with Crippen LogP contribution in [0.2, 0.25) is 0 Å². The average molecular weight is 445 g/mol. The fourth-order valence-corrected chi connectivity index (χ4v) is 5.29. The van der Waals surface area contributed by atoms with E-state index in [9.17, 15) is 19.5 Å². The van der Waals surface area contributed by atoms with Gasteiger partial charge in [-0.1, -0.05) is 43.2 Å². The fourth-order valence-electron chi connectivity index (χ4n) is 5.29. The highest BCUT2D eigenvalue weighted by Crippen LogP contribution is 2.48. The molecule has 2 aliphatic rings. The molecule has 1 aromatic rings. The third-order valence-corrected chi connectivity index (χ3v) is 7.08. The van der Waals surface area contributed by atoms with Crippen LogP contribution in [0.15, 0.2) is 30.3 Å². The molecule has 1 amide bonds. The molecule has 32 heavy (non-hydrogen) atoms. The van der Waals surface area contributed by atoms with E-state index in [4.69, 9.17) is 4.74 Å². The molecule has 1 saturated heterocycles. The normalized spacial score (nSPS) is 21.8. The SMILES string of the molecule is CCOC(=O)C(CCc1ccccc1)N[C@@H](C)C(=O)N1CCC2(CCCC2)C[C@H]1C(=O)O. The molecule has 0 aromatic heterocycles. The first-order valence-corrected chi connectivity index (χ1v) is 11.8. The Balaban J connectivity index is 1.65. The summed E-state index contributed by atoms with van der Waals surface area (Å²) < 4.78 is 5.22. The van der Waals surface area contributed by atoms with Gasteiger partial charge in [-0.15, -0.1) is 0 Å². The zero-order valence-electron chi connectivity index (χ0n) is 19.2. The number of carbonyl (C=O) groups is 3. The van der Waals surface area contributed by atoms with Gasteiger partial charge in [-0.3, -0.25) is 14.9 Å². The number of nitrogens with one attached hydrogen (secondary N) is 1. The van der Waals surface area contributed by atoms with E-state index in [0.29, 0.717) is 25.8 Å². The summed E-state index contributed by atoms with van der Waals surface area (Å²) in [5, 5.41) is 13.0. The predicted molar refractivity (Wildman–Crippen MR) is 121 cm³/mol. The first-order chi connectivity index (χ1) is 15.3. The minimum atomic E-state index is -0.942. The van der Waals surface area contributed by atoms with Crippen LogP contribution in [0.3, 0.4) is 0 Å². The molecule has 1 spiro atoms. The van der Waals surface area contributed by atoms with Crippen molar-refractivity contribution in [1.29, 1.82) is 0 Å². The van der Waals surface area contributed by atoms with Crippen molar-refractivity contribution in [2.75, 3.05) is 13.2 Å². The van der Waals surface area contributed by atoms with Crippen LogP contribution in [0, 0.1) is 5.41 Å². The smallest absolute Gasteiger partial charge is 0.326 e. The van der Waals surface area contributed by atoms with Gasteiger partial charge in [0.1, 0.15) is 12.1 Å². The summed E-state index contributed by atoms with van der Waals surface area (Å²) in [6.07, 6.45) is 6.92. The van der Waals surface area contributed by atoms with Gasteiger partial charge < -0.3 is 14.7 Å². The van der Waals surface area contributed by atoms with Gasteiger partial charge in [0, 0.05) is 6.54 Å². The summed E-state index contributed by atoms with van der Waals surface area (Å²) in [4.78, 5) is 39.3. The number of esters is 1. The number of nitrogens with zero attached hydrogens (tertiary/aromatic N) is 1. The number of rotatable bonds is 9. The number of carboxylic acids is 1. The molecule has 1 heterocycles. The Hall–Kier alpha value is -2.41. The Morgan fingerprint density at radius 1 is 1.19 bits per heavy atom. The standard InChI is InChI=1S/C25H36N2O5/c1-3-32-24(31)20(12-11-19-9-5-4-6-10-19)26-18(2)22(28)27-16-15-25(13-7-8-14-25)17-21(27)23(29)30/h4-6,9-10,18,20-21,26H,3,7-8,11-17H2,1-2H3,(H,29,30)/t18-,20?,21-/m0/s1. The molecule has 0 bridgehead atoms. The lowest BCUT2D eigenvalue weighted by Gasteiger charge is -2.44. The quantitative estimate of drug-likeness (QED) is 0.568. The van der Waals surface area contributed by atoms with E-state index in [1.54, 1.807) is 13.8 Å². The summed E-state index contributed by atoms with van der Waals surface area (Å²) in [6, 6.07) is 7.73. The van der Waals surface area contributed by atoms with Crippen LogP contribution < -0.4 is 5.32 Å². The van der Waals surface area contributed by atoms with Crippen molar-refractivity contribution in [3.8, 4) is 0 Å². The number of aryl methyl sites for hydroxylation is 1. The zero-order chi connectivity index (χ0) is 23.1. The second-order valence-electron chi connectivity index (χ2n) is 9.26. The molecule has 1 aliphatic heterocycles. The van der Waals surface area contributed by atoms with Gasteiger partial charge >= 0.3 is 11.9 Å². The van der Waals surface area contributed by atoms with Crippen LogP contribution in [-0.2, 0) is 25.5 Å². The number of carboxylic acid groups (broad SMARTS) is 1. The maximum Gasteiger partial charge on any atom is 0.326 e. The largest absolute Gasteiger partial charge is 0.480 e. The van der Waals surface area contributed by atoms with E-state index in [-0.39, 0.29) is 23.9 Å². The van der Waals surface area contributed by atoms with Crippen molar-refractivity contribution >= 4 is 17.8 Å². The van der Waals surface area contributed by atoms with Crippen molar-refractivity contribution in [1.82, 2.24) is 10.2 Å². The molecule has 7 nitrogen and oxygen atoms in total. The Labute approximate surface area is 190 Å². The molecular weight excluding hydrogens is 408 g/mol. The minimum absolute atomic E-state index is 0.0691. The number of hydrogen-bond donors (Lipinski definition) is 2. The van der Waals surface area contributed by atoms with Crippen molar-refractivity contribution < 1.29 is 24.2 Å². The van der Waals surface area contributed by atoms with Gasteiger partial charge in [0.2, 0.25) is 5.91 Å². The van der Waals surface area contributed by atoms with Gasteiger partial charge in [0.25, 0.3) is 0 Å². The number of benzene rings is 1. The van der Waals surface area contributed by atoms with Gasteiger partial charge in [-0.2, -0.15) is 0 Å². The lowest BCUT2D eigenvalue weighted by molar-refractivity contribution is -0.156. The molecule has 1 saturated carbocycles. The molecule has 0 radical (unpaired) electrons. The molecule has 1 aromatic carbocycles. The Morgan fingerprint density at radius 2 is 1.88 bits per heavy atom. The minimum Gasteiger partial charge on any atom is -0.480 e. The van der Waals surface area contributed by atoms with Crippen molar-refractivity contribution in [3.05, 3.63) is 35.9 Å². The molecule has 176 valence electrons. The third kappa shape index (κ3) is 5.88. The summed E-state index contributed by atoms with van der Waals surface area (Å²) in [7, 11) is 0. The van der Waals surface area contributed by atoms with E-state index in [1.807, 2.05) is 30.3 Å². The highest BCUT2D eigenvalue weighted by molar-refractivity contribution is 5.88. The molecule has 3 rings (SSSR count). The van der Waals surface area contributed by atoms with Crippen LogP contribution in [0.25, 0.3) is 0 Å². The number of piperidine rings is 1. The first-order valence-electron chi connectivity index (χ1n) is 11.8. The number of likely N-dealkylation sites (tertiary alicyclic amines) is 1. The number of ether oxygens (including phenoxy) is 1. The molecule has 3 atom stereocenters. The molecular formula is C25H36N2O5. The molecule has 2 fully saturated rings. The molecule has 7 heteroatoms. The second-order valence-corrected chi connectivity index (χ2v) is 9.26. The average Bonchev–Trinajstić information content (AvgIpc) is 3.24. The molecule has 1 aliphatic carbocycles. The topological polar surface area (TPSA) is 95.9 Å². The lowest BCUT2D eigenvalue weighted by Crippen LogP contribution is -2.58. The summed E-state index contributed by atoms with van der Waals surface area (Å²) in [5.41, 5.74) is 1.17. The molecule has 2 N–H and O–H groups in total. The van der Waals surface area contributed by atoms with Crippen LogP contribution in [0.4, 0.5) is 0 Å². The predicted octanol–water partition coefficient (Wildman–Crippen LogP) is 3.17. The third-order valence-electron chi connectivity index (χ3n) is 7.08. The summed E-state index contributed by atoms with van der Waals surface area (Å²) >= 11 is 0. The zero-order valence-corrected chi connectivity index (χ0v) is 19.2. The van der Waals surface area contributed by atoms with Crippen LogP contribution in [0.5, 0.6) is 0 Å². The van der Waals surface area contributed by atoms with E-state index >= 15 is 0 Å². The number of carbonyl (C=O) groups excluding carboxylic acids is 2. The summed E-state index contributed by atoms with van der Waals surface area (Å²) in [6.45, 7) is 4.18. The number of hydrogen-bond acceptors (Lipinski definition) is 5. The van der Waals surface area contributed by atoms with Gasteiger partial charge in [-0.05, 0) is 63.4 Å². The molecule has 1 unspecified atom stereocenters. The van der Waals surface area contributed by atoms with Crippen LogP contribution in [0.1, 0.15) is 64.4 Å². The number of aliphatic carboxylic acids is 1. The van der Waals surface area contributed by atoms with Crippen molar-refractivity contribution in [2.45, 2.75) is 83.3 Å². The summed E-state index contributed by atoms with van der Waals surface area (Å²) in [5.74, 6) is -1.59. The maximum atomic E-state index is 13.3. The highest BCUT2D eigenvalue weighted by atomic mass is 16.5. The fraction of sp³-hybridized carbons (Fsp3) is 0.640. The van der Waals surface area contributed by atoms with Crippen LogP contribution >= 0.6 is 0 Å². The Bertz CT molecular complexity index is 791. The van der Waals surface area contributed by atoms with Crippen molar-refractivity contribution in [3.63, 3.8) is 0 Å². The van der Waals surface area contributed by atoms with E-state index in [1.165, 1.54) is 4.90 Å². The first kappa shape index (κ1) is 24.2. The highest BCUT2D eigenvalue weighted by Gasteiger charge is 2.46. The number of amides is 1. The maximum absolute atomic E-state index is 13.3. The second kappa shape index (κ2) is 10.9. The Morgan fingerprint density at radius 3 is 2.50 bits per heavy atom. The Kier molecular flexibility index (Phi) is 8.29. The van der Waals surface area contributed by atoms with E-state index in [0.717, 1.165) is 37.7 Å². The van der Waals surface area contributed by atoms with Gasteiger partial charge in [-0.25, -0.2) is 4.79 Å². The van der Waals surface area contributed by atoms with Gasteiger partial charge in [0.15, 0.2) is 0 Å². The monoisotopic (exact) mass is 444 g/mol. The van der Waals surface area contributed by atoms with Crippen LogP contribution in [-0.4, -0.2) is 59.1 Å². The lowest BCUT2D eigenvalue weighted by atomic mass is 9.74. The van der Waals surface area contributed by atoms with Crippen molar-refractivity contribution in [2.24, 2.45) is 5.41 Å².